The van der Waals surface area contributed by atoms with E-state index in [1.807, 2.05) is 29.2 Å². The van der Waals surface area contributed by atoms with E-state index in [0.29, 0.717) is 12.1 Å². The lowest BCUT2D eigenvalue weighted by Gasteiger charge is -2.16. The number of hydrogen-bond acceptors (Lipinski definition) is 2. The summed E-state index contributed by atoms with van der Waals surface area (Å²) in [5, 5.41) is 0.991. The lowest BCUT2D eigenvalue weighted by molar-refractivity contribution is 0.0795. The molecular formula is C14H13ClN2O. The van der Waals surface area contributed by atoms with E-state index in [1.165, 1.54) is 0 Å². The summed E-state index contributed by atoms with van der Waals surface area (Å²) in [4.78, 5) is 18.5. The number of aromatic nitrogens is 1. The number of pyridine rings is 1. The van der Waals surface area contributed by atoms with Gasteiger partial charge in [-0.25, -0.2) is 0 Å². The van der Waals surface area contributed by atoms with Crippen LogP contribution in [0.2, 0.25) is 0 Å². The zero-order chi connectivity index (χ0) is 12.5. The number of para-hydroxylation sites is 1. The SMILES string of the molecule is O=C(c1ccnc2ccccc12)N1CCC(Cl)C1. The zero-order valence-electron chi connectivity index (χ0n) is 9.84. The van der Waals surface area contributed by atoms with Gasteiger partial charge in [0.05, 0.1) is 16.5 Å². The lowest BCUT2D eigenvalue weighted by Crippen LogP contribution is -2.29. The molecule has 4 heteroatoms. The molecule has 0 bridgehead atoms. The normalized spacial score (nSPS) is 19.4. The van der Waals surface area contributed by atoms with Gasteiger partial charge in [0.1, 0.15) is 0 Å². The van der Waals surface area contributed by atoms with Crippen molar-refractivity contribution >= 4 is 28.4 Å². The van der Waals surface area contributed by atoms with Gasteiger partial charge in [-0.15, -0.1) is 11.6 Å². The van der Waals surface area contributed by atoms with Crippen LogP contribution in [0.3, 0.4) is 0 Å². The van der Waals surface area contributed by atoms with Crippen LogP contribution >= 0.6 is 11.6 Å². The fourth-order valence-corrected chi connectivity index (χ4v) is 2.62. The number of carbonyl (C=O) groups is 1. The Bertz CT molecular complexity index is 594. The molecule has 0 N–H and O–H groups in total. The maximum absolute atomic E-state index is 12.4. The Morgan fingerprint density at radius 1 is 1.33 bits per heavy atom. The fraction of sp³-hybridized carbons (Fsp3) is 0.286. The summed E-state index contributed by atoms with van der Waals surface area (Å²) in [6.07, 6.45) is 2.56. The average Bonchev–Trinajstić information content (AvgIpc) is 2.84. The molecule has 3 nitrogen and oxygen atoms in total. The van der Waals surface area contributed by atoms with Gasteiger partial charge in [-0.3, -0.25) is 9.78 Å². The fourth-order valence-electron chi connectivity index (χ4n) is 2.35. The van der Waals surface area contributed by atoms with Gasteiger partial charge in [0.25, 0.3) is 5.91 Å². The Morgan fingerprint density at radius 2 is 2.17 bits per heavy atom. The van der Waals surface area contributed by atoms with Crippen LogP contribution in [-0.4, -0.2) is 34.3 Å². The molecule has 2 heterocycles. The Balaban J connectivity index is 2.01. The molecule has 2 aromatic rings. The molecule has 0 aliphatic carbocycles. The Kier molecular flexibility index (Phi) is 2.92. The molecular weight excluding hydrogens is 248 g/mol. The Morgan fingerprint density at radius 3 is 2.94 bits per heavy atom. The van der Waals surface area contributed by atoms with Crippen LogP contribution in [0.15, 0.2) is 36.5 Å². The maximum Gasteiger partial charge on any atom is 0.254 e. The van der Waals surface area contributed by atoms with Gasteiger partial charge in [-0.2, -0.15) is 0 Å². The van der Waals surface area contributed by atoms with E-state index >= 15 is 0 Å². The number of hydrogen-bond donors (Lipinski definition) is 0. The van der Waals surface area contributed by atoms with Gasteiger partial charge in [0.2, 0.25) is 0 Å². The average molecular weight is 261 g/mol. The second kappa shape index (κ2) is 4.58. The van der Waals surface area contributed by atoms with E-state index in [0.717, 1.165) is 23.9 Å². The molecule has 1 aliphatic heterocycles. The largest absolute Gasteiger partial charge is 0.337 e. The molecule has 1 fully saturated rings. The molecule has 1 aliphatic rings. The number of likely N-dealkylation sites (tertiary alicyclic amines) is 1. The summed E-state index contributed by atoms with van der Waals surface area (Å²) >= 11 is 6.05. The first-order chi connectivity index (χ1) is 8.75. The number of amides is 1. The quantitative estimate of drug-likeness (QED) is 0.739. The van der Waals surface area contributed by atoms with E-state index in [4.69, 9.17) is 11.6 Å². The number of fused-ring (bicyclic) bond motifs is 1. The Hall–Kier alpha value is -1.61. The predicted octanol–water partition coefficient (Wildman–Crippen LogP) is 2.69. The van der Waals surface area contributed by atoms with Crippen LogP contribution in [0.4, 0.5) is 0 Å². The summed E-state index contributed by atoms with van der Waals surface area (Å²) in [7, 11) is 0. The number of halogens is 1. The van der Waals surface area contributed by atoms with Gasteiger partial charge in [-0.1, -0.05) is 18.2 Å². The summed E-state index contributed by atoms with van der Waals surface area (Å²) in [5.41, 5.74) is 1.57. The number of rotatable bonds is 1. The van der Waals surface area contributed by atoms with Crippen molar-refractivity contribution in [3.05, 3.63) is 42.1 Å². The van der Waals surface area contributed by atoms with Gasteiger partial charge in [0.15, 0.2) is 0 Å². The maximum atomic E-state index is 12.4. The van der Waals surface area contributed by atoms with Crippen molar-refractivity contribution in [3.63, 3.8) is 0 Å². The van der Waals surface area contributed by atoms with Gasteiger partial charge >= 0.3 is 0 Å². The first kappa shape index (κ1) is 11.5. The second-order valence-electron chi connectivity index (χ2n) is 4.51. The first-order valence-corrected chi connectivity index (χ1v) is 6.46. The number of benzene rings is 1. The molecule has 18 heavy (non-hydrogen) atoms. The summed E-state index contributed by atoms with van der Waals surface area (Å²) in [6, 6.07) is 9.49. The molecule has 1 aromatic carbocycles. The Labute approximate surface area is 110 Å². The van der Waals surface area contributed by atoms with Gasteiger partial charge in [0, 0.05) is 24.7 Å². The highest BCUT2D eigenvalue weighted by Crippen LogP contribution is 2.21. The van der Waals surface area contributed by atoms with Crippen LogP contribution in [0.25, 0.3) is 10.9 Å². The molecule has 0 spiro atoms. The monoisotopic (exact) mass is 260 g/mol. The molecule has 1 aromatic heterocycles. The van der Waals surface area contributed by atoms with Crippen molar-refractivity contribution < 1.29 is 4.79 Å². The van der Waals surface area contributed by atoms with Crippen LogP contribution in [0.1, 0.15) is 16.8 Å². The molecule has 1 amide bonds. The topological polar surface area (TPSA) is 33.2 Å². The van der Waals surface area contributed by atoms with E-state index in [-0.39, 0.29) is 11.3 Å². The number of carbonyl (C=O) groups excluding carboxylic acids is 1. The van der Waals surface area contributed by atoms with Crippen LogP contribution in [-0.2, 0) is 0 Å². The van der Waals surface area contributed by atoms with Gasteiger partial charge in [-0.05, 0) is 18.6 Å². The van der Waals surface area contributed by atoms with E-state index in [1.54, 1.807) is 12.3 Å². The number of nitrogens with zero attached hydrogens (tertiary/aromatic N) is 2. The third kappa shape index (κ3) is 1.95. The highest BCUT2D eigenvalue weighted by Gasteiger charge is 2.26. The molecule has 1 saturated heterocycles. The molecule has 1 unspecified atom stereocenters. The minimum Gasteiger partial charge on any atom is -0.337 e. The molecule has 3 rings (SSSR count). The summed E-state index contributed by atoms with van der Waals surface area (Å²) < 4.78 is 0. The highest BCUT2D eigenvalue weighted by molar-refractivity contribution is 6.21. The van der Waals surface area contributed by atoms with Crippen molar-refractivity contribution in [1.82, 2.24) is 9.88 Å². The van der Waals surface area contributed by atoms with Crippen molar-refractivity contribution in [2.45, 2.75) is 11.8 Å². The van der Waals surface area contributed by atoms with E-state index in [2.05, 4.69) is 4.98 Å². The first-order valence-electron chi connectivity index (χ1n) is 6.03. The minimum absolute atomic E-state index is 0.0525. The predicted molar refractivity (Wildman–Crippen MR) is 71.9 cm³/mol. The van der Waals surface area contributed by atoms with Crippen LogP contribution < -0.4 is 0 Å². The van der Waals surface area contributed by atoms with Gasteiger partial charge < -0.3 is 4.90 Å². The van der Waals surface area contributed by atoms with E-state index < -0.39 is 0 Å². The smallest absolute Gasteiger partial charge is 0.254 e. The standard InChI is InChI=1S/C14H13ClN2O/c15-10-6-8-17(9-10)14(18)12-5-7-16-13-4-2-1-3-11(12)13/h1-5,7,10H,6,8-9H2. The van der Waals surface area contributed by atoms with Crippen molar-refractivity contribution in [2.24, 2.45) is 0 Å². The zero-order valence-corrected chi connectivity index (χ0v) is 10.6. The third-order valence-corrected chi connectivity index (χ3v) is 3.65. The number of alkyl halides is 1. The van der Waals surface area contributed by atoms with Crippen LogP contribution in [0, 0.1) is 0 Å². The third-order valence-electron chi connectivity index (χ3n) is 3.30. The van der Waals surface area contributed by atoms with Crippen molar-refractivity contribution in [1.29, 1.82) is 0 Å². The van der Waals surface area contributed by atoms with Crippen molar-refractivity contribution in [2.75, 3.05) is 13.1 Å². The molecule has 0 radical (unpaired) electrons. The molecule has 0 saturated carbocycles. The van der Waals surface area contributed by atoms with Crippen LogP contribution in [0.5, 0.6) is 0 Å². The summed E-state index contributed by atoms with van der Waals surface area (Å²) in [6.45, 7) is 1.38. The highest BCUT2D eigenvalue weighted by atomic mass is 35.5. The van der Waals surface area contributed by atoms with E-state index in [9.17, 15) is 4.79 Å². The van der Waals surface area contributed by atoms with Crippen molar-refractivity contribution in [3.8, 4) is 0 Å². The lowest BCUT2D eigenvalue weighted by atomic mass is 10.1. The minimum atomic E-state index is 0.0525. The molecule has 1 atom stereocenters. The molecule has 92 valence electrons. The second-order valence-corrected chi connectivity index (χ2v) is 5.13. The summed E-state index contributed by atoms with van der Waals surface area (Å²) in [5.74, 6) is 0.0525.